The van der Waals surface area contributed by atoms with Crippen molar-refractivity contribution in [2.24, 2.45) is 17.6 Å². The molecule has 1 saturated carbocycles. The molecule has 1 heterocycles. The number of fused-ring (bicyclic) bond motifs is 1. The number of nitrogens with two attached hydrogens (primary N) is 1. The standard InChI is InChI=1S/C15H22N2/c16-8-12-4-6-13(7-5-12)9-17-10-14-2-1-3-15(14)11-17/h4-7,14-15H,1-3,8-11,16H2. The van der Waals surface area contributed by atoms with E-state index in [0.717, 1.165) is 18.4 Å². The minimum Gasteiger partial charge on any atom is -0.326 e. The first-order valence-corrected chi connectivity index (χ1v) is 6.85. The molecule has 0 radical (unpaired) electrons. The van der Waals surface area contributed by atoms with Gasteiger partial charge < -0.3 is 5.73 Å². The summed E-state index contributed by atoms with van der Waals surface area (Å²) >= 11 is 0. The van der Waals surface area contributed by atoms with E-state index < -0.39 is 0 Å². The zero-order valence-corrected chi connectivity index (χ0v) is 10.4. The zero-order chi connectivity index (χ0) is 11.7. The molecule has 17 heavy (non-hydrogen) atoms. The van der Waals surface area contributed by atoms with Gasteiger partial charge in [0.15, 0.2) is 0 Å². The average molecular weight is 230 g/mol. The molecule has 1 aromatic carbocycles. The number of nitrogens with zero attached hydrogens (tertiary/aromatic N) is 1. The first kappa shape index (κ1) is 11.2. The molecular formula is C15H22N2. The van der Waals surface area contributed by atoms with Gasteiger partial charge in [0.05, 0.1) is 0 Å². The van der Waals surface area contributed by atoms with Gasteiger partial charge in [-0.3, -0.25) is 4.90 Å². The van der Waals surface area contributed by atoms with Crippen LogP contribution in [0.15, 0.2) is 24.3 Å². The van der Waals surface area contributed by atoms with E-state index in [9.17, 15) is 0 Å². The van der Waals surface area contributed by atoms with Crippen molar-refractivity contribution in [1.29, 1.82) is 0 Å². The van der Waals surface area contributed by atoms with Crippen LogP contribution in [-0.2, 0) is 13.1 Å². The minimum absolute atomic E-state index is 0.647. The van der Waals surface area contributed by atoms with Crippen LogP contribution in [0.25, 0.3) is 0 Å². The Hall–Kier alpha value is -0.860. The molecule has 1 aromatic rings. The molecule has 0 bridgehead atoms. The van der Waals surface area contributed by atoms with Gasteiger partial charge in [0, 0.05) is 26.2 Å². The van der Waals surface area contributed by atoms with E-state index in [1.807, 2.05) is 0 Å². The Morgan fingerprint density at radius 1 is 1.00 bits per heavy atom. The fourth-order valence-electron chi connectivity index (χ4n) is 3.50. The van der Waals surface area contributed by atoms with E-state index in [4.69, 9.17) is 5.73 Å². The largest absolute Gasteiger partial charge is 0.326 e. The van der Waals surface area contributed by atoms with Gasteiger partial charge >= 0.3 is 0 Å². The van der Waals surface area contributed by atoms with Crippen molar-refractivity contribution in [2.45, 2.75) is 32.4 Å². The molecule has 0 aromatic heterocycles. The van der Waals surface area contributed by atoms with Crippen LogP contribution in [0, 0.1) is 11.8 Å². The highest BCUT2D eigenvalue weighted by atomic mass is 15.2. The van der Waals surface area contributed by atoms with E-state index in [2.05, 4.69) is 29.2 Å². The van der Waals surface area contributed by atoms with Crippen molar-refractivity contribution >= 4 is 0 Å². The summed E-state index contributed by atoms with van der Waals surface area (Å²) in [5.41, 5.74) is 8.28. The third kappa shape index (κ3) is 2.38. The predicted octanol–water partition coefficient (Wildman–Crippen LogP) is 2.38. The van der Waals surface area contributed by atoms with Crippen molar-refractivity contribution in [3.63, 3.8) is 0 Å². The molecule has 0 amide bonds. The molecule has 2 unspecified atom stereocenters. The number of rotatable bonds is 3. The maximum Gasteiger partial charge on any atom is 0.0233 e. The summed E-state index contributed by atoms with van der Waals surface area (Å²) < 4.78 is 0. The van der Waals surface area contributed by atoms with Crippen LogP contribution in [0.4, 0.5) is 0 Å². The van der Waals surface area contributed by atoms with Gasteiger partial charge in [-0.25, -0.2) is 0 Å². The Labute approximate surface area is 104 Å². The lowest BCUT2D eigenvalue weighted by atomic mass is 10.0. The van der Waals surface area contributed by atoms with Crippen LogP contribution in [-0.4, -0.2) is 18.0 Å². The summed E-state index contributed by atoms with van der Waals surface area (Å²) in [5.74, 6) is 2.00. The maximum atomic E-state index is 5.62. The molecule has 2 nitrogen and oxygen atoms in total. The van der Waals surface area contributed by atoms with Gasteiger partial charge in [0.1, 0.15) is 0 Å². The monoisotopic (exact) mass is 230 g/mol. The second kappa shape index (κ2) is 4.79. The molecule has 0 spiro atoms. The van der Waals surface area contributed by atoms with Crippen LogP contribution < -0.4 is 5.73 Å². The SMILES string of the molecule is NCc1ccc(CN2CC3CCCC3C2)cc1. The summed E-state index contributed by atoms with van der Waals surface area (Å²) in [6.07, 6.45) is 4.40. The van der Waals surface area contributed by atoms with Crippen molar-refractivity contribution in [3.8, 4) is 0 Å². The molecule has 1 aliphatic carbocycles. The molecule has 1 saturated heterocycles. The van der Waals surface area contributed by atoms with Crippen LogP contribution in [0.5, 0.6) is 0 Å². The molecule has 2 fully saturated rings. The topological polar surface area (TPSA) is 29.3 Å². The van der Waals surface area contributed by atoms with Crippen LogP contribution in [0.1, 0.15) is 30.4 Å². The molecule has 2 N–H and O–H groups in total. The van der Waals surface area contributed by atoms with Crippen LogP contribution in [0.3, 0.4) is 0 Å². The first-order chi connectivity index (χ1) is 8.35. The lowest BCUT2D eigenvalue weighted by Gasteiger charge is -2.16. The normalized spacial score (nSPS) is 28.5. The zero-order valence-electron chi connectivity index (χ0n) is 10.4. The van der Waals surface area contributed by atoms with Crippen LogP contribution >= 0.6 is 0 Å². The lowest BCUT2D eigenvalue weighted by Crippen LogP contribution is -2.21. The maximum absolute atomic E-state index is 5.62. The molecule has 2 atom stereocenters. The third-order valence-corrected chi connectivity index (χ3v) is 4.47. The van der Waals surface area contributed by atoms with E-state index in [1.165, 1.54) is 43.5 Å². The van der Waals surface area contributed by atoms with E-state index in [1.54, 1.807) is 0 Å². The van der Waals surface area contributed by atoms with Crippen molar-refractivity contribution in [2.75, 3.05) is 13.1 Å². The summed E-state index contributed by atoms with van der Waals surface area (Å²) in [7, 11) is 0. The van der Waals surface area contributed by atoms with Gasteiger partial charge in [-0.15, -0.1) is 0 Å². The second-order valence-electron chi connectivity index (χ2n) is 5.67. The summed E-state index contributed by atoms with van der Waals surface area (Å²) in [6, 6.07) is 8.78. The number of hydrogen-bond acceptors (Lipinski definition) is 2. The van der Waals surface area contributed by atoms with Gasteiger partial charge in [-0.05, 0) is 35.8 Å². The quantitative estimate of drug-likeness (QED) is 0.864. The molecular weight excluding hydrogens is 208 g/mol. The summed E-state index contributed by atoms with van der Waals surface area (Å²) in [5, 5.41) is 0. The van der Waals surface area contributed by atoms with E-state index in [0.29, 0.717) is 6.54 Å². The minimum atomic E-state index is 0.647. The molecule has 92 valence electrons. The first-order valence-electron chi connectivity index (χ1n) is 6.85. The van der Waals surface area contributed by atoms with Crippen LogP contribution in [0.2, 0.25) is 0 Å². The van der Waals surface area contributed by atoms with Gasteiger partial charge in [0.2, 0.25) is 0 Å². The number of hydrogen-bond donors (Lipinski definition) is 1. The molecule has 2 heteroatoms. The summed E-state index contributed by atoms with van der Waals surface area (Å²) in [6.45, 7) is 4.42. The van der Waals surface area contributed by atoms with Crippen molar-refractivity contribution in [3.05, 3.63) is 35.4 Å². The average Bonchev–Trinajstić information content (AvgIpc) is 2.90. The fourth-order valence-corrected chi connectivity index (χ4v) is 3.50. The molecule has 3 rings (SSSR count). The van der Waals surface area contributed by atoms with Gasteiger partial charge in [-0.2, -0.15) is 0 Å². The Morgan fingerprint density at radius 3 is 2.18 bits per heavy atom. The summed E-state index contributed by atoms with van der Waals surface area (Å²) in [4.78, 5) is 2.63. The Bertz CT molecular complexity index is 359. The lowest BCUT2D eigenvalue weighted by molar-refractivity contribution is 0.303. The predicted molar refractivity (Wildman–Crippen MR) is 70.4 cm³/mol. The second-order valence-corrected chi connectivity index (χ2v) is 5.67. The Kier molecular flexibility index (Phi) is 3.17. The van der Waals surface area contributed by atoms with Gasteiger partial charge in [0.25, 0.3) is 0 Å². The number of likely N-dealkylation sites (tertiary alicyclic amines) is 1. The van der Waals surface area contributed by atoms with Crippen molar-refractivity contribution < 1.29 is 0 Å². The van der Waals surface area contributed by atoms with Crippen molar-refractivity contribution in [1.82, 2.24) is 4.90 Å². The van der Waals surface area contributed by atoms with Gasteiger partial charge in [-0.1, -0.05) is 30.7 Å². The number of benzene rings is 1. The van der Waals surface area contributed by atoms with E-state index in [-0.39, 0.29) is 0 Å². The molecule has 1 aliphatic heterocycles. The smallest absolute Gasteiger partial charge is 0.0233 e. The van der Waals surface area contributed by atoms with E-state index >= 15 is 0 Å². The Balaban J connectivity index is 1.59. The highest BCUT2D eigenvalue weighted by molar-refractivity contribution is 5.22. The fraction of sp³-hybridized carbons (Fsp3) is 0.600. The Morgan fingerprint density at radius 2 is 1.59 bits per heavy atom. The highest BCUT2D eigenvalue weighted by Gasteiger charge is 2.35. The molecule has 2 aliphatic rings. The highest BCUT2D eigenvalue weighted by Crippen LogP contribution is 2.38. The third-order valence-electron chi connectivity index (χ3n) is 4.47.